The molecule has 1 atom stereocenters. The zero-order valence-corrected chi connectivity index (χ0v) is 16.0. The van der Waals surface area contributed by atoms with Crippen LogP contribution in [0.3, 0.4) is 0 Å². The molecule has 25 heavy (non-hydrogen) atoms. The van der Waals surface area contributed by atoms with E-state index in [1.807, 2.05) is 42.7 Å². The number of carbonyl (C=O) groups is 1. The zero-order chi connectivity index (χ0) is 17.8. The van der Waals surface area contributed by atoms with Gasteiger partial charge in [0.15, 0.2) is 5.16 Å². The first-order chi connectivity index (χ1) is 12.1. The molecule has 1 aromatic heterocycles. The number of hydrogen-bond acceptors (Lipinski definition) is 5. The Balaban J connectivity index is 1.96. The van der Waals surface area contributed by atoms with Crippen molar-refractivity contribution in [2.24, 2.45) is 0 Å². The number of carbonyl (C=O) groups excluding carboxylic acids is 1. The van der Waals surface area contributed by atoms with E-state index in [1.165, 1.54) is 11.8 Å². The van der Waals surface area contributed by atoms with Crippen LogP contribution in [0.15, 0.2) is 29.4 Å². The highest BCUT2D eigenvalue weighted by molar-refractivity contribution is 8.00. The second-order valence-corrected chi connectivity index (χ2v) is 7.69. The molecule has 1 aliphatic rings. The fraction of sp³-hybridized carbons (Fsp3) is 0.471. The van der Waals surface area contributed by atoms with Gasteiger partial charge < -0.3 is 10.2 Å². The van der Waals surface area contributed by atoms with Crippen LogP contribution in [0.5, 0.6) is 0 Å². The Morgan fingerprint density at radius 1 is 1.36 bits per heavy atom. The van der Waals surface area contributed by atoms with E-state index in [2.05, 4.69) is 20.4 Å². The Bertz CT molecular complexity index is 744. The molecule has 0 radical (unpaired) electrons. The Kier molecular flexibility index (Phi) is 5.86. The summed E-state index contributed by atoms with van der Waals surface area (Å²) in [7, 11) is 0. The molecule has 1 N–H and O–H groups in total. The molecule has 0 spiro atoms. The Morgan fingerprint density at radius 2 is 2.12 bits per heavy atom. The van der Waals surface area contributed by atoms with Gasteiger partial charge in [0, 0.05) is 24.7 Å². The highest BCUT2D eigenvalue weighted by Gasteiger charge is 2.25. The van der Waals surface area contributed by atoms with E-state index >= 15 is 0 Å². The van der Waals surface area contributed by atoms with Gasteiger partial charge in [-0.05, 0) is 44.9 Å². The minimum absolute atomic E-state index is 0.00383. The van der Waals surface area contributed by atoms with Crippen molar-refractivity contribution in [3.63, 3.8) is 0 Å². The van der Waals surface area contributed by atoms with Crippen LogP contribution in [0.25, 0.3) is 5.69 Å². The number of halogens is 1. The first kappa shape index (κ1) is 18.1. The summed E-state index contributed by atoms with van der Waals surface area (Å²) in [6.45, 7) is 6.34. The van der Waals surface area contributed by atoms with Gasteiger partial charge in [0.25, 0.3) is 0 Å². The number of anilines is 1. The van der Waals surface area contributed by atoms with Crippen LogP contribution < -0.4 is 10.2 Å². The van der Waals surface area contributed by atoms with Gasteiger partial charge in [-0.2, -0.15) is 0 Å². The summed E-state index contributed by atoms with van der Waals surface area (Å²) < 4.78 is 2.00. The van der Waals surface area contributed by atoms with Crippen LogP contribution in [-0.4, -0.2) is 45.6 Å². The first-order valence-corrected chi connectivity index (χ1v) is 9.76. The molecule has 1 aliphatic heterocycles. The number of nitrogens with one attached hydrogen (secondary N) is 1. The summed E-state index contributed by atoms with van der Waals surface area (Å²) in [5.74, 6) is 0.807. The summed E-state index contributed by atoms with van der Waals surface area (Å²) in [6.07, 6.45) is 2.31. The smallest absolute Gasteiger partial charge is 0.233 e. The van der Waals surface area contributed by atoms with Crippen molar-refractivity contribution in [1.82, 2.24) is 20.1 Å². The largest absolute Gasteiger partial charge is 0.355 e. The summed E-state index contributed by atoms with van der Waals surface area (Å²) in [5.41, 5.74) is 0.907. The number of rotatable bonds is 6. The fourth-order valence-electron chi connectivity index (χ4n) is 2.83. The Morgan fingerprint density at radius 3 is 2.80 bits per heavy atom. The average molecular weight is 380 g/mol. The number of hydrogen-bond donors (Lipinski definition) is 1. The van der Waals surface area contributed by atoms with E-state index in [4.69, 9.17) is 11.6 Å². The SMILES string of the molecule is CCNC(=O)[C@@H](C)Sc1nnc(N2CCCC2)n1-c1cccc(Cl)c1. The number of thioether (sulfide) groups is 1. The van der Waals surface area contributed by atoms with Crippen molar-refractivity contribution in [3.8, 4) is 5.69 Å². The lowest BCUT2D eigenvalue weighted by Gasteiger charge is -2.19. The van der Waals surface area contributed by atoms with Gasteiger partial charge >= 0.3 is 0 Å². The molecule has 134 valence electrons. The summed E-state index contributed by atoms with van der Waals surface area (Å²) in [6, 6.07) is 7.63. The van der Waals surface area contributed by atoms with Crippen molar-refractivity contribution in [2.45, 2.75) is 37.1 Å². The van der Waals surface area contributed by atoms with Crippen LogP contribution in [0.1, 0.15) is 26.7 Å². The molecule has 1 saturated heterocycles. The Labute approximate surface area is 156 Å². The maximum atomic E-state index is 12.1. The van der Waals surface area contributed by atoms with Gasteiger partial charge in [-0.25, -0.2) is 0 Å². The van der Waals surface area contributed by atoms with Gasteiger partial charge in [0.2, 0.25) is 11.9 Å². The van der Waals surface area contributed by atoms with Crippen LogP contribution in [0.2, 0.25) is 5.02 Å². The van der Waals surface area contributed by atoms with Crippen molar-refractivity contribution in [3.05, 3.63) is 29.3 Å². The minimum atomic E-state index is -0.256. The average Bonchev–Trinajstić information content (AvgIpc) is 3.24. The number of amides is 1. The van der Waals surface area contributed by atoms with Gasteiger partial charge in [-0.1, -0.05) is 29.4 Å². The monoisotopic (exact) mass is 379 g/mol. The van der Waals surface area contributed by atoms with Crippen molar-refractivity contribution < 1.29 is 4.79 Å². The molecular weight excluding hydrogens is 358 g/mol. The van der Waals surface area contributed by atoms with E-state index in [0.717, 1.165) is 37.6 Å². The minimum Gasteiger partial charge on any atom is -0.355 e. The standard InChI is InChI=1S/C17H22ClN5OS/c1-3-19-15(24)12(2)25-17-21-20-16(22-9-4-5-10-22)23(17)14-8-6-7-13(18)11-14/h6-8,11-12H,3-5,9-10H2,1-2H3,(H,19,24)/t12-/m1/s1. The molecule has 8 heteroatoms. The maximum Gasteiger partial charge on any atom is 0.233 e. The third kappa shape index (κ3) is 4.10. The van der Waals surface area contributed by atoms with Crippen LogP contribution in [-0.2, 0) is 4.79 Å². The van der Waals surface area contributed by atoms with Gasteiger partial charge in [-0.15, -0.1) is 10.2 Å². The van der Waals surface area contributed by atoms with E-state index in [1.54, 1.807) is 0 Å². The quantitative estimate of drug-likeness (QED) is 0.781. The van der Waals surface area contributed by atoms with Crippen molar-refractivity contribution in [1.29, 1.82) is 0 Å². The second-order valence-electron chi connectivity index (χ2n) is 5.95. The van der Waals surface area contributed by atoms with E-state index in [-0.39, 0.29) is 11.2 Å². The van der Waals surface area contributed by atoms with E-state index in [0.29, 0.717) is 16.7 Å². The number of benzene rings is 1. The molecule has 1 aromatic carbocycles. The van der Waals surface area contributed by atoms with Crippen LogP contribution >= 0.6 is 23.4 Å². The first-order valence-electron chi connectivity index (χ1n) is 8.51. The zero-order valence-electron chi connectivity index (χ0n) is 14.4. The van der Waals surface area contributed by atoms with Crippen molar-refractivity contribution >= 4 is 35.2 Å². The van der Waals surface area contributed by atoms with Gasteiger partial charge in [0.1, 0.15) is 0 Å². The lowest BCUT2D eigenvalue weighted by Crippen LogP contribution is -2.30. The van der Waals surface area contributed by atoms with Gasteiger partial charge in [0.05, 0.1) is 10.9 Å². The van der Waals surface area contributed by atoms with E-state index in [9.17, 15) is 4.79 Å². The fourth-order valence-corrected chi connectivity index (χ4v) is 3.90. The topological polar surface area (TPSA) is 63.1 Å². The maximum absolute atomic E-state index is 12.1. The molecule has 1 fully saturated rings. The summed E-state index contributed by atoms with van der Waals surface area (Å²) in [5, 5.41) is 12.7. The molecule has 2 heterocycles. The predicted octanol–water partition coefficient (Wildman–Crippen LogP) is 3.14. The third-order valence-corrected chi connectivity index (χ3v) is 5.35. The summed E-state index contributed by atoms with van der Waals surface area (Å²) >= 11 is 7.59. The molecule has 1 amide bonds. The number of nitrogens with zero attached hydrogens (tertiary/aromatic N) is 4. The molecule has 6 nitrogen and oxygen atoms in total. The molecule has 0 saturated carbocycles. The number of aromatic nitrogens is 3. The highest BCUT2D eigenvalue weighted by Crippen LogP contribution is 2.31. The predicted molar refractivity (Wildman–Crippen MR) is 102 cm³/mol. The summed E-state index contributed by atoms with van der Waals surface area (Å²) in [4.78, 5) is 14.3. The normalized spacial score (nSPS) is 15.4. The Hall–Kier alpha value is -1.73. The van der Waals surface area contributed by atoms with Crippen LogP contribution in [0, 0.1) is 0 Å². The molecule has 0 bridgehead atoms. The molecule has 2 aromatic rings. The van der Waals surface area contributed by atoms with Crippen LogP contribution in [0.4, 0.5) is 5.95 Å². The van der Waals surface area contributed by atoms with E-state index < -0.39 is 0 Å². The van der Waals surface area contributed by atoms with Gasteiger partial charge in [-0.3, -0.25) is 9.36 Å². The molecule has 3 rings (SSSR count). The molecule has 0 aliphatic carbocycles. The third-order valence-electron chi connectivity index (χ3n) is 4.07. The molecular formula is C17H22ClN5OS. The second kappa shape index (κ2) is 8.10. The lowest BCUT2D eigenvalue weighted by molar-refractivity contribution is -0.120. The highest BCUT2D eigenvalue weighted by atomic mass is 35.5. The lowest BCUT2D eigenvalue weighted by atomic mass is 10.3. The van der Waals surface area contributed by atoms with Crippen molar-refractivity contribution in [2.75, 3.05) is 24.5 Å². The molecule has 0 unspecified atom stereocenters.